The summed E-state index contributed by atoms with van der Waals surface area (Å²) in [5.41, 5.74) is 28.2. The van der Waals surface area contributed by atoms with E-state index in [1.54, 1.807) is 0 Å². The number of benzene rings is 6. The maximum absolute atomic E-state index is 2.73. The van der Waals surface area contributed by atoms with Gasteiger partial charge in [-0.3, -0.25) is 0 Å². The van der Waals surface area contributed by atoms with Crippen molar-refractivity contribution in [2.24, 2.45) is 0 Å². The molecule has 2 nitrogen and oxygen atoms in total. The highest BCUT2D eigenvalue weighted by Crippen LogP contribution is 2.56. The first-order valence-corrected chi connectivity index (χ1v) is 24.3. The normalized spacial score (nSPS) is 20.5. The molecule has 0 saturated heterocycles. The molecule has 6 aromatic carbocycles. The van der Waals surface area contributed by atoms with E-state index in [4.69, 9.17) is 0 Å². The molecule has 5 aliphatic rings. The molecular formula is C61H69BN2. The zero-order chi connectivity index (χ0) is 45.4. The van der Waals surface area contributed by atoms with Crippen molar-refractivity contribution in [2.45, 2.75) is 162 Å². The van der Waals surface area contributed by atoms with Gasteiger partial charge in [0.25, 0.3) is 6.71 Å². The summed E-state index contributed by atoms with van der Waals surface area (Å²) in [5, 5.41) is 0. The van der Waals surface area contributed by atoms with E-state index in [0.717, 1.165) is 12.8 Å². The van der Waals surface area contributed by atoms with Crippen molar-refractivity contribution >= 4 is 57.2 Å². The molecule has 3 heteroatoms. The van der Waals surface area contributed by atoms with Crippen molar-refractivity contribution in [1.82, 2.24) is 0 Å². The third-order valence-corrected chi connectivity index (χ3v) is 17.1. The van der Waals surface area contributed by atoms with E-state index in [1.807, 2.05) is 0 Å². The van der Waals surface area contributed by atoms with Gasteiger partial charge >= 0.3 is 0 Å². The number of hydrogen-bond donors (Lipinski definition) is 0. The fourth-order valence-electron chi connectivity index (χ4n) is 14.2. The van der Waals surface area contributed by atoms with Crippen LogP contribution < -0.4 is 26.2 Å². The predicted octanol–water partition coefficient (Wildman–Crippen LogP) is 14.6. The third-order valence-electron chi connectivity index (χ3n) is 17.1. The molecule has 0 bridgehead atoms. The Labute approximate surface area is 385 Å². The molecule has 0 N–H and O–H groups in total. The van der Waals surface area contributed by atoms with E-state index in [9.17, 15) is 0 Å². The van der Waals surface area contributed by atoms with E-state index in [0.29, 0.717) is 0 Å². The first kappa shape index (κ1) is 41.7. The average Bonchev–Trinajstić information content (AvgIpc) is 3.51. The second kappa shape index (κ2) is 13.1. The highest BCUT2D eigenvalue weighted by Gasteiger charge is 2.49. The van der Waals surface area contributed by atoms with Gasteiger partial charge in [0, 0.05) is 34.1 Å². The number of fused-ring (bicyclic) bond motifs is 7. The summed E-state index contributed by atoms with van der Waals surface area (Å²) in [4.78, 5) is 5.42. The zero-order valence-corrected chi connectivity index (χ0v) is 41.5. The summed E-state index contributed by atoms with van der Waals surface area (Å²) in [7, 11) is 0. The summed E-state index contributed by atoms with van der Waals surface area (Å²) in [6.45, 7) is 36.7. The third kappa shape index (κ3) is 5.83. The molecule has 0 fully saturated rings. The Morgan fingerprint density at radius 2 is 0.797 bits per heavy atom. The van der Waals surface area contributed by atoms with Crippen LogP contribution in [-0.4, -0.2) is 6.71 Å². The smallest absolute Gasteiger partial charge is 0.252 e. The number of aryl methyl sites for hydroxylation is 3. The Hall–Kier alpha value is -5.02. The van der Waals surface area contributed by atoms with Gasteiger partial charge in [0.2, 0.25) is 0 Å². The first-order valence-electron chi connectivity index (χ1n) is 24.3. The molecule has 64 heavy (non-hydrogen) atoms. The minimum absolute atomic E-state index is 0.0641. The lowest BCUT2D eigenvalue weighted by Crippen LogP contribution is -2.62. The fraction of sp³-hybridized carbons (Fsp3) is 0.410. The minimum atomic E-state index is 0.0641. The molecule has 0 amide bonds. The van der Waals surface area contributed by atoms with Crippen LogP contribution in [0.4, 0.5) is 34.1 Å². The lowest BCUT2D eigenvalue weighted by molar-refractivity contribution is 0.332. The molecule has 0 aromatic heterocycles. The Morgan fingerprint density at radius 3 is 1.30 bits per heavy atom. The molecule has 0 unspecified atom stereocenters. The predicted molar refractivity (Wildman–Crippen MR) is 277 cm³/mol. The van der Waals surface area contributed by atoms with Gasteiger partial charge in [-0.25, -0.2) is 0 Å². The summed E-state index contributed by atoms with van der Waals surface area (Å²) in [5.74, 6) is 0. The van der Waals surface area contributed by atoms with E-state index < -0.39 is 0 Å². The van der Waals surface area contributed by atoms with Gasteiger partial charge in [0.15, 0.2) is 0 Å². The van der Waals surface area contributed by atoms with Crippen LogP contribution in [0.5, 0.6) is 0 Å². The van der Waals surface area contributed by atoms with Crippen LogP contribution in [-0.2, 0) is 32.5 Å². The number of anilines is 6. The van der Waals surface area contributed by atoms with E-state index in [-0.39, 0.29) is 39.2 Å². The largest absolute Gasteiger partial charge is 0.311 e. The van der Waals surface area contributed by atoms with E-state index >= 15 is 0 Å². The summed E-state index contributed by atoms with van der Waals surface area (Å²) in [6.07, 6.45) is 4.67. The van der Waals surface area contributed by atoms with Crippen LogP contribution in [0, 0.1) is 20.8 Å². The molecule has 0 radical (unpaired) electrons. The summed E-state index contributed by atoms with van der Waals surface area (Å²) < 4.78 is 0. The lowest BCUT2D eigenvalue weighted by Gasteiger charge is -2.48. The Morgan fingerprint density at radius 1 is 0.375 bits per heavy atom. The van der Waals surface area contributed by atoms with Gasteiger partial charge < -0.3 is 9.80 Å². The van der Waals surface area contributed by atoms with Crippen LogP contribution in [0.1, 0.15) is 159 Å². The van der Waals surface area contributed by atoms with Gasteiger partial charge in [-0.05, 0) is 193 Å². The zero-order valence-electron chi connectivity index (χ0n) is 41.5. The number of nitrogens with zero attached hydrogens (tertiary/aromatic N) is 2. The van der Waals surface area contributed by atoms with E-state index in [2.05, 4.69) is 211 Å². The van der Waals surface area contributed by atoms with Crippen molar-refractivity contribution in [1.29, 1.82) is 0 Å². The molecule has 0 spiro atoms. The van der Waals surface area contributed by atoms with Gasteiger partial charge in [0.05, 0.1) is 0 Å². The second-order valence-corrected chi connectivity index (χ2v) is 24.9. The Balaban J connectivity index is 1.26. The standard InChI is InChI=1S/C61H69BN2/c1-36-25-53-55-54(26-36)64(50-32-46-42(28-38(50)3)59(10,11)35-61(46,14)15)52-33-44-43(56(4,5)23-24-57(44,6)7)30-48(52)62(55)47-22-21-40(39-19-17-16-18-20-39)29-51(47)63(53)49-31-45-41(27-37(49)2)58(8,9)34-60(45,12)13/h16-22,25-33H,23-24,34-35H2,1-15H3. The maximum atomic E-state index is 2.73. The highest BCUT2D eigenvalue weighted by molar-refractivity contribution is 7.00. The molecule has 2 aliphatic heterocycles. The van der Waals surface area contributed by atoms with Gasteiger partial charge in [-0.1, -0.05) is 144 Å². The van der Waals surface area contributed by atoms with Gasteiger partial charge in [-0.2, -0.15) is 0 Å². The van der Waals surface area contributed by atoms with E-state index in [1.165, 1.54) is 125 Å². The summed E-state index contributed by atoms with van der Waals surface area (Å²) >= 11 is 0. The lowest BCUT2D eigenvalue weighted by atomic mass is 9.33. The fourth-order valence-corrected chi connectivity index (χ4v) is 14.2. The molecule has 11 rings (SSSR count). The van der Waals surface area contributed by atoms with Crippen molar-refractivity contribution in [3.63, 3.8) is 0 Å². The molecule has 3 aliphatic carbocycles. The second-order valence-electron chi connectivity index (χ2n) is 24.9. The highest BCUT2D eigenvalue weighted by atomic mass is 15.2. The van der Waals surface area contributed by atoms with Crippen molar-refractivity contribution in [3.05, 3.63) is 147 Å². The first-order chi connectivity index (χ1) is 29.9. The number of hydrogen-bond acceptors (Lipinski definition) is 2. The van der Waals surface area contributed by atoms with Crippen LogP contribution in [0.25, 0.3) is 11.1 Å². The number of rotatable bonds is 3. The quantitative estimate of drug-likeness (QED) is 0.164. The molecule has 326 valence electrons. The molecule has 6 aromatic rings. The summed E-state index contributed by atoms with van der Waals surface area (Å²) in [6, 6.07) is 39.1. The van der Waals surface area contributed by atoms with Crippen LogP contribution in [0.3, 0.4) is 0 Å². The van der Waals surface area contributed by atoms with Crippen LogP contribution in [0.2, 0.25) is 0 Å². The molecule has 0 atom stereocenters. The molecular weight excluding hydrogens is 771 g/mol. The van der Waals surface area contributed by atoms with Crippen molar-refractivity contribution in [3.8, 4) is 11.1 Å². The average molecular weight is 841 g/mol. The van der Waals surface area contributed by atoms with Gasteiger partial charge in [0.1, 0.15) is 0 Å². The molecule has 0 saturated carbocycles. The SMILES string of the molecule is Cc1cc2c3c(c1)N(c1cc4c(cc1C)C(C)(C)CC4(C)C)c1cc4c(cc1B3c1ccc(-c3ccccc3)cc1N2c1cc2c(cc1C)C(C)(C)CC2(C)C)C(C)(C)CCC4(C)C. The van der Waals surface area contributed by atoms with Crippen molar-refractivity contribution in [2.75, 3.05) is 9.80 Å². The van der Waals surface area contributed by atoms with Crippen LogP contribution in [0.15, 0.2) is 97.1 Å². The Kier molecular flexibility index (Phi) is 8.52. The molecule has 2 heterocycles. The monoisotopic (exact) mass is 841 g/mol. The minimum Gasteiger partial charge on any atom is -0.311 e. The maximum Gasteiger partial charge on any atom is 0.252 e. The topological polar surface area (TPSA) is 6.48 Å². The van der Waals surface area contributed by atoms with Crippen molar-refractivity contribution < 1.29 is 0 Å². The van der Waals surface area contributed by atoms with Crippen LogP contribution >= 0.6 is 0 Å². The Bertz CT molecular complexity index is 2990. The van der Waals surface area contributed by atoms with Gasteiger partial charge in [-0.15, -0.1) is 0 Å².